The predicted octanol–water partition coefficient (Wildman–Crippen LogP) is 5.48. The highest BCUT2D eigenvalue weighted by Gasteiger charge is 2.23. The highest BCUT2D eigenvalue weighted by Crippen LogP contribution is 2.29. The monoisotopic (exact) mass is 376 g/mol. The van der Waals surface area contributed by atoms with E-state index in [1.807, 2.05) is 81.4 Å². The summed E-state index contributed by atoms with van der Waals surface area (Å²) in [6.45, 7) is 5.90. The van der Waals surface area contributed by atoms with Gasteiger partial charge in [0, 0.05) is 6.42 Å². The highest BCUT2D eigenvalue weighted by molar-refractivity contribution is 5.73. The van der Waals surface area contributed by atoms with Crippen molar-refractivity contribution in [2.45, 2.75) is 33.3 Å². The van der Waals surface area contributed by atoms with E-state index in [0.29, 0.717) is 17.2 Å². The average Bonchev–Trinajstić information content (AvgIpc) is 2.67. The number of benzene rings is 3. The molecule has 0 aromatic heterocycles. The van der Waals surface area contributed by atoms with Crippen molar-refractivity contribution in [2.75, 3.05) is 0 Å². The summed E-state index contributed by atoms with van der Waals surface area (Å²) in [6.07, 6.45) is -0.814. The van der Waals surface area contributed by atoms with E-state index in [9.17, 15) is 9.90 Å². The van der Waals surface area contributed by atoms with Crippen LogP contribution in [0.4, 0.5) is 0 Å². The van der Waals surface area contributed by atoms with Gasteiger partial charge in [-0.1, -0.05) is 42.5 Å². The van der Waals surface area contributed by atoms with E-state index in [2.05, 4.69) is 6.07 Å². The molecule has 3 aromatic carbocycles. The Morgan fingerprint density at radius 2 is 1.61 bits per heavy atom. The van der Waals surface area contributed by atoms with Crippen LogP contribution in [0.5, 0.6) is 17.2 Å². The van der Waals surface area contributed by atoms with Crippen LogP contribution in [0.1, 0.15) is 22.3 Å². The number of hydrogen-bond acceptors (Lipinski definition) is 3. The Labute approximate surface area is 165 Å². The SMILES string of the molecule is Cc1cc(C)c(C)c(O[C@@H](Cc2ccccc2Oc2ccccc2)C(=O)O)c1. The second-order valence-electron chi connectivity index (χ2n) is 6.88. The number of aliphatic carboxylic acids is 1. The topological polar surface area (TPSA) is 55.8 Å². The van der Waals surface area contributed by atoms with Crippen LogP contribution in [0, 0.1) is 20.8 Å². The molecule has 0 aliphatic heterocycles. The maximum absolute atomic E-state index is 11.9. The lowest BCUT2D eigenvalue weighted by Crippen LogP contribution is -2.30. The van der Waals surface area contributed by atoms with E-state index in [1.54, 1.807) is 0 Å². The quantitative estimate of drug-likeness (QED) is 0.593. The van der Waals surface area contributed by atoms with Gasteiger partial charge in [0.05, 0.1) is 0 Å². The second-order valence-corrected chi connectivity index (χ2v) is 6.88. The van der Waals surface area contributed by atoms with Crippen molar-refractivity contribution in [1.82, 2.24) is 0 Å². The molecule has 0 spiro atoms. The minimum absolute atomic E-state index is 0.199. The van der Waals surface area contributed by atoms with Gasteiger partial charge in [-0.15, -0.1) is 0 Å². The summed E-state index contributed by atoms with van der Waals surface area (Å²) in [5, 5.41) is 9.74. The fourth-order valence-electron chi connectivity index (χ4n) is 3.04. The number of ether oxygens (including phenoxy) is 2. The van der Waals surface area contributed by atoms with Gasteiger partial charge in [-0.05, 0) is 67.3 Å². The van der Waals surface area contributed by atoms with Crippen molar-refractivity contribution in [1.29, 1.82) is 0 Å². The standard InChI is InChI=1S/C24H24O4/c1-16-13-17(2)18(3)22(14-16)28-23(24(25)26)15-19-9-7-8-12-21(19)27-20-10-5-4-6-11-20/h4-14,23H,15H2,1-3H3,(H,25,26)/t23-/m0/s1. The first kappa shape index (κ1) is 19.5. The third-order valence-corrected chi connectivity index (χ3v) is 4.66. The summed E-state index contributed by atoms with van der Waals surface area (Å²) in [7, 11) is 0. The molecule has 0 bridgehead atoms. The summed E-state index contributed by atoms with van der Waals surface area (Å²) >= 11 is 0. The molecule has 4 nitrogen and oxygen atoms in total. The molecule has 0 aliphatic carbocycles. The van der Waals surface area contributed by atoms with E-state index in [0.717, 1.165) is 22.3 Å². The first-order valence-corrected chi connectivity index (χ1v) is 9.22. The van der Waals surface area contributed by atoms with Crippen LogP contribution in [0.15, 0.2) is 66.7 Å². The number of carboxylic acids is 1. The van der Waals surface area contributed by atoms with Crippen molar-refractivity contribution < 1.29 is 19.4 Å². The van der Waals surface area contributed by atoms with Crippen molar-refractivity contribution in [3.63, 3.8) is 0 Å². The highest BCUT2D eigenvalue weighted by atomic mass is 16.5. The number of carbonyl (C=O) groups is 1. The normalized spacial score (nSPS) is 11.7. The molecule has 0 unspecified atom stereocenters. The minimum Gasteiger partial charge on any atom is -0.478 e. The Morgan fingerprint density at radius 1 is 0.929 bits per heavy atom. The smallest absolute Gasteiger partial charge is 0.345 e. The zero-order valence-corrected chi connectivity index (χ0v) is 16.3. The van der Waals surface area contributed by atoms with Crippen molar-refractivity contribution in [3.8, 4) is 17.2 Å². The van der Waals surface area contributed by atoms with Gasteiger partial charge in [0.1, 0.15) is 17.2 Å². The zero-order valence-electron chi connectivity index (χ0n) is 16.3. The number of para-hydroxylation sites is 2. The van der Waals surface area contributed by atoms with Crippen molar-refractivity contribution in [3.05, 3.63) is 89.0 Å². The Hall–Kier alpha value is -3.27. The van der Waals surface area contributed by atoms with Gasteiger partial charge in [0.2, 0.25) is 0 Å². The van der Waals surface area contributed by atoms with E-state index < -0.39 is 12.1 Å². The molecule has 28 heavy (non-hydrogen) atoms. The average molecular weight is 376 g/mol. The summed E-state index contributed by atoms with van der Waals surface area (Å²) in [5.41, 5.74) is 3.84. The van der Waals surface area contributed by atoms with Crippen LogP contribution < -0.4 is 9.47 Å². The van der Waals surface area contributed by atoms with Crippen molar-refractivity contribution in [2.24, 2.45) is 0 Å². The van der Waals surface area contributed by atoms with Crippen LogP contribution in [0.2, 0.25) is 0 Å². The number of carboxylic acid groups (broad SMARTS) is 1. The molecule has 0 saturated heterocycles. The Balaban J connectivity index is 1.85. The molecule has 1 atom stereocenters. The lowest BCUT2D eigenvalue weighted by atomic mass is 10.0. The van der Waals surface area contributed by atoms with Gasteiger partial charge < -0.3 is 14.6 Å². The number of hydrogen-bond donors (Lipinski definition) is 1. The number of rotatable bonds is 7. The molecular weight excluding hydrogens is 352 g/mol. The maximum Gasteiger partial charge on any atom is 0.345 e. The second kappa shape index (κ2) is 8.61. The molecule has 0 heterocycles. The predicted molar refractivity (Wildman–Crippen MR) is 109 cm³/mol. The molecule has 3 aromatic rings. The molecule has 4 heteroatoms. The summed E-state index contributed by atoms with van der Waals surface area (Å²) in [6, 6.07) is 20.8. The van der Waals surface area contributed by atoms with Gasteiger partial charge in [-0.3, -0.25) is 0 Å². The van der Waals surface area contributed by atoms with Gasteiger partial charge in [-0.2, -0.15) is 0 Å². The molecule has 144 valence electrons. The molecule has 0 fully saturated rings. The fraction of sp³-hybridized carbons (Fsp3) is 0.208. The van der Waals surface area contributed by atoms with E-state index in [-0.39, 0.29) is 6.42 Å². The molecular formula is C24H24O4. The van der Waals surface area contributed by atoms with Gasteiger partial charge in [0.15, 0.2) is 6.10 Å². The zero-order chi connectivity index (χ0) is 20.1. The molecule has 3 rings (SSSR count). The van der Waals surface area contributed by atoms with Crippen molar-refractivity contribution >= 4 is 5.97 Å². The van der Waals surface area contributed by atoms with Crippen LogP contribution in [-0.2, 0) is 11.2 Å². The first-order valence-electron chi connectivity index (χ1n) is 9.22. The third kappa shape index (κ3) is 4.71. The van der Waals surface area contributed by atoms with E-state index in [4.69, 9.17) is 9.47 Å². The molecule has 1 N–H and O–H groups in total. The summed E-state index contributed by atoms with van der Waals surface area (Å²) in [5.74, 6) is 0.924. The van der Waals surface area contributed by atoms with Crippen LogP contribution >= 0.6 is 0 Å². The summed E-state index contributed by atoms with van der Waals surface area (Å²) < 4.78 is 11.9. The van der Waals surface area contributed by atoms with E-state index in [1.165, 1.54) is 0 Å². The molecule has 0 radical (unpaired) electrons. The molecule has 0 aliphatic rings. The lowest BCUT2D eigenvalue weighted by Gasteiger charge is -2.19. The van der Waals surface area contributed by atoms with Gasteiger partial charge >= 0.3 is 5.97 Å². The van der Waals surface area contributed by atoms with Crippen LogP contribution in [0.3, 0.4) is 0 Å². The van der Waals surface area contributed by atoms with Crippen LogP contribution in [0.25, 0.3) is 0 Å². The van der Waals surface area contributed by atoms with Gasteiger partial charge in [0.25, 0.3) is 0 Å². The minimum atomic E-state index is -1.01. The van der Waals surface area contributed by atoms with E-state index >= 15 is 0 Å². The Kier molecular flexibility index (Phi) is 5.99. The molecule has 0 saturated carbocycles. The summed E-state index contributed by atoms with van der Waals surface area (Å²) in [4.78, 5) is 11.9. The van der Waals surface area contributed by atoms with Gasteiger partial charge in [-0.25, -0.2) is 4.79 Å². The number of aryl methyl sites for hydroxylation is 2. The Bertz CT molecular complexity index is 964. The maximum atomic E-state index is 11.9. The fourth-order valence-corrected chi connectivity index (χ4v) is 3.04. The Morgan fingerprint density at radius 3 is 2.32 bits per heavy atom. The largest absolute Gasteiger partial charge is 0.478 e. The third-order valence-electron chi connectivity index (χ3n) is 4.66. The first-order chi connectivity index (χ1) is 13.4. The van der Waals surface area contributed by atoms with Crippen LogP contribution in [-0.4, -0.2) is 17.2 Å². The lowest BCUT2D eigenvalue weighted by molar-refractivity contribution is -0.145. The molecule has 0 amide bonds.